The molecule has 0 aliphatic heterocycles. The maximum Gasteiger partial charge on any atom is 0.340 e. The number of anilines is 2. The van der Waals surface area contributed by atoms with Crippen LogP contribution in [0.2, 0.25) is 5.02 Å². The quantitative estimate of drug-likeness (QED) is 0.636. The SMILES string of the molecule is CCSC1CCCC1Nc1c(Cl)cc(N)cc1C(=O)OC. The molecule has 0 heterocycles. The molecule has 0 amide bonds. The summed E-state index contributed by atoms with van der Waals surface area (Å²) in [4.78, 5) is 11.9. The number of carbonyl (C=O) groups excluding carboxylic acids is 1. The average Bonchev–Trinajstić information content (AvgIpc) is 2.88. The Morgan fingerprint density at radius 1 is 1.52 bits per heavy atom. The van der Waals surface area contributed by atoms with Crippen molar-refractivity contribution in [3.63, 3.8) is 0 Å². The van der Waals surface area contributed by atoms with Gasteiger partial charge in [0.15, 0.2) is 0 Å². The highest BCUT2D eigenvalue weighted by molar-refractivity contribution is 7.99. The second-order valence-electron chi connectivity index (χ2n) is 5.09. The van der Waals surface area contributed by atoms with Crippen molar-refractivity contribution >= 4 is 40.7 Å². The third kappa shape index (κ3) is 3.77. The van der Waals surface area contributed by atoms with Gasteiger partial charge in [0, 0.05) is 17.0 Å². The molecule has 116 valence electrons. The highest BCUT2D eigenvalue weighted by Gasteiger charge is 2.29. The molecule has 2 atom stereocenters. The molecule has 2 unspecified atom stereocenters. The summed E-state index contributed by atoms with van der Waals surface area (Å²) in [7, 11) is 1.36. The lowest BCUT2D eigenvalue weighted by Crippen LogP contribution is -2.27. The molecule has 0 saturated heterocycles. The maximum absolute atomic E-state index is 11.9. The molecule has 0 spiro atoms. The van der Waals surface area contributed by atoms with Crippen LogP contribution in [0.15, 0.2) is 12.1 Å². The third-order valence-corrected chi connectivity index (χ3v) is 5.30. The van der Waals surface area contributed by atoms with E-state index in [-0.39, 0.29) is 0 Å². The van der Waals surface area contributed by atoms with Crippen LogP contribution in [0.5, 0.6) is 0 Å². The monoisotopic (exact) mass is 328 g/mol. The number of halogens is 1. The van der Waals surface area contributed by atoms with Crippen LogP contribution in [0, 0.1) is 0 Å². The van der Waals surface area contributed by atoms with Crippen LogP contribution in [0.25, 0.3) is 0 Å². The zero-order valence-electron chi connectivity index (χ0n) is 12.3. The Morgan fingerprint density at radius 2 is 2.29 bits per heavy atom. The molecule has 21 heavy (non-hydrogen) atoms. The summed E-state index contributed by atoms with van der Waals surface area (Å²) in [6.07, 6.45) is 3.46. The van der Waals surface area contributed by atoms with Crippen molar-refractivity contribution in [2.45, 2.75) is 37.5 Å². The van der Waals surface area contributed by atoms with Crippen LogP contribution >= 0.6 is 23.4 Å². The van der Waals surface area contributed by atoms with Crippen molar-refractivity contribution in [1.82, 2.24) is 0 Å². The van der Waals surface area contributed by atoms with Gasteiger partial charge in [-0.15, -0.1) is 0 Å². The minimum absolute atomic E-state index is 0.319. The van der Waals surface area contributed by atoms with Gasteiger partial charge in [-0.2, -0.15) is 11.8 Å². The molecule has 0 bridgehead atoms. The van der Waals surface area contributed by atoms with Gasteiger partial charge in [-0.05, 0) is 30.7 Å². The summed E-state index contributed by atoms with van der Waals surface area (Å²) >= 11 is 8.23. The van der Waals surface area contributed by atoms with Crippen molar-refractivity contribution in [3.8, 4) is 0 Å². The number of esters is 1. The molecular weight excluding hydrogens is 308 g/mol. The predicted molar refractivity (Wildman–Crippen MR) is 90.4 cm³/mol. The lowest BCUT2D eigenvalue weighted by Gasteiger charge is -2.23. The van der Waals surface area contributed by atoms with Gasteiger partial charge < -0.3 is 15.8 Å². The Balaban J connectivity index is 2.28. The van der Waals surface area contributed by atoms with Crippen molar-refractivity contribution in [2.75, 3.05) is 23.9 Å². The van der Waals surface area contributed by atoms with Gasteiger partial charge in [0.2, 0.25) is 0 Å². The van der Waals surface area contributed by atoms with Crippen molar-refractivity contribution in [2.24, 2.45) is 0 Å². The van der Waals surface area contributed by atoms with Gasteiger partial charge >= 0.3 is 5.97 Å². The number of thioether (sulfide) groups is 1. The molecule has 1 aliphatic carbocycles. The second kappa shape index (κ2) is 7.27. The summed E-state index contributed by atoms with van der Waals surface area (Å²) in [6.45, 7) is 2.16. The van der Waals surface area contributed by atoms with Gasteiger partial charge in [-0.25, -0.2) is 4.79 Å². The first-order valence-electron chi connectivity index (χ1n) is 7.12. The number of rotatable bonds is 5. The molecule has 0 radical (unpaired) electrons. The Bertz CT molecular complexity index is 525. The summed E-state index contributed by atoms with van der Waals surface area (Å²) in [5.74, 6) is 0.659. The van der Waals surface area contributed by atoms with E-state index in [1.165, 1.54) is 20.0 Å². The topological polar surface area (TPSA) is 64.3 Å². The first kappa shape index (κ1) is 16.3. The number of methoxy groups -OCH3 is 1. The lowest BCUT2D eigenvalue weighted by molar-refractivity contribution is 0.0602. The Labute approximate surface area is 134 Å². The van der Waals surface area contributed by atoms with E-state index in [0.29, 0.717) is 33.3 Å². The van der Waals surface area contributed by atoms with Gasteiger partial charge in [0.05, 0.1) is 23.4 Å². The molecule has 1 aromatic carbocycles. The van der Waals surface area contributed by atoms with Gasteiger partial charge in [0.1, 0.15) is 0 Å². The average molecular weight is 329 g/mol. The van der Waals surface area contributed by atoms with Crippen LogP contribution < -0.4 is 11.1 Å². The minimum Gasteiger partial charge on any atom is -0.465 e. The van der Waals surface area contributed by atoms with E-state index in [9.17, 15) is 4.79 Å². The van der Waals surface area contributed by atoms with Crippen molar-refractivity contribution < 1.29 is 9.53 Å². The van der Waals surface area contributed by atoms with Crippen molar-refractivity contribution in [1.29, 1.82) is 0 Å². The summed E-state index contributed by atoms with van der Waals surface area (Å²) in [5, 5.41) is 4.46. The fraction of sp³-hybridized carbons (Fsp3) is 0.533. The lowest BCUT2D eigenvalue weighted by atomic mass is 10.1. The first-order valence-corrected chi connectivity index (χ1v) is 8.55. The van der Waals surface area contributed by atoms with Gasteiger partial charge in [-0.1, -0.05) is 24.9 Å². The summed E-state index contributed by atoms with van der Waals surface area (Å²) in [5.41, 5.74) is 7.26. The molecule has 4 nitrogen and oxygen atoms in total. The van der Waals surface area contributed by atoms with Crippen LogP contribution in [0.1, 0.15) is 36.5 Å². The molecule has 1 fully saturated rings. The van der Waals surface area contributed by atoms with E-state index in [1.54, 1.807) is 12.1 Å². The molecule has 1 saturated carbocycles. The number of carbonyl (C=O) groups is 1. The van der Waals surface area contributed by atoms with Gasteiger partial charge in [-0.3, -0.25) is 0 Å². The van der Waals surface area contributed by atoms with E-state index >= 15 is 0 Å². The van der Waals surface area contributed by atoms with Crippen LogP contribution in [0.3, 0.4) is 0 Å². The highest BCUT2D eigenvalue weighted by Crippen LogP contribution is 2.36. The van der Waals surface area contributed by atoms with Crippen LogP contribution in [0.4, 0.5) is 11.4 Å². The Morgan fingerprint density at radius 3 is 2.95 bits per heavy atom. The standard InChI is InChI=1S/C15H21ClN2O2S/c1-3-21-13-6-4-5-12(13)18-14-10(15(19)20-2)7-9(17)8-11(14)16/h7-8,12-13,18H,3-6,17H2,1-2H3. The zero-order valence-corrected chi connectivity index (χ0v) is 13.9. The van der Waals surface area contributed by atoms with Gasteiger partial charge in [0.25, 0.3) is 0 Å². The van der Waals surface area contributed by atoms with Crippen LogP contribution in [-0.2, 0) is 4.74 Å². The summed E-state index contributed by atoms with van der Waals surface area (Å²) in [6, 6.07) is 3.59. The number of hydrogen-bond acceptors (Lipinski definition) is 5. The molecule has 3 N–H and O–H groups in total. The fourth-order valence-corrected chi connectivity index (χ4v) is 4.22. The van der Waals surface area contributed by atoms with E-state index in [2.05, 4.69) is 12.2 Å². The number of nitrogens with two attached hydrogens (primary N) is 1. The van der Waals surface area contributed by atoms with E-state index in [1.807, 2.05) is 11.8 Å². The van der Waals surface area contributed by atoms with E-state index in [4.69, 9.17) is 22.1 Å². The van der Waals surface area contributed by atoms with Crippen molar-refractivity contribution in [3.05, 3.63) is 22.7 Å². The number of benzene rings is 1. The molecule has 1 aliphatic rings. The number of nitrogens with one attached hydrogen (secondary N) is 1. The second-order valence-corrected chi connectivity index (χ2v) is 7.02. The minimum atomic E-state index is -0.426. The molecule has 1 aromatic rings. The predicted octanol–water partition coefficient (Wildman–Crippen LogP) is 3.79. The molecular formula is C15H21ClN2O2S. The number of hydrogen-bond donors (Lipinski definition) is 2. The zero-order chi connectivity index (χ0) is 15.4. The number of nitrogen functional groups attached to an aromatic ring is 1. The molecule has 0 aromatic heterocycles. The molecule has 6 heteroatoms. The maximum atomic E-state index is 11.9. The fourth-order valence-electron chi connectivity index (χ4n) is 2.74. The number of ether oxygens (including phenoxy) is 1. The van der Waals surface area contributed by atoms with E-state index in [0.717, 1.165) is 12.2 Å². The normalized spacial score (nSPS) is 21.3. The first-order chi connectivity index (χ1) is 10.1. The third-order valence-electron chi connectivity index (χ3n) is 3.68. The largest absolute Gasteiger partial charge is 0.465 e. The molecule has 2 rings (SSSR count). The van der Waals surface area contributed by atoms with E-state index < -0.39 is 5.97 Å². The Kier molecular flexibility index (Phi) is 5.65. The highest BCUT2D eigenvalue weighted by atomic mass is 35.5. The smallest absolute Gasteiger partial charge is 0.340 e. The Hall–Kier alpha value is -1.07. The summed E-state index contributed by atoms with van der Waals surface area (Å²) < 4.78 is 4.83. The van der Waals surface area contributed by atoms with Crippen LogP contribution in [-0.4, -0.2) is 30.1 Å².